The van der Waals surface area contributed by atoms with E-state index in [-0.39, 0.29) is 23.7 Å². The van der Waals surface area contributed by atoms with Gasteiger partial charge in [0.15, 0.2) is 6.29 Å². The standard InChI is InChI=1S/C23H28F3N5O4/c1-12(14-4-3-5-15(20(14)24)21(25)26)28-22-19(23-34-8-9-35-23)16(29-13(2)30-22)10-17(32)31-18-11-27-6-7-33-18/h3-5,12,18,21,23,27H,6-11H2,1-2H3,(H,31,32)(H,28,29,30)/t12?,18-/m1/s1. The van der Waals surface area contributed by atoms with E-state index in [9.17, 15) is 18.0 Å². The summed E-state index contributed by atoms with van der Waals surface area (Å²) in [5, 5.41) is 9.03. The van der Waals surface area contributed by atoms with Crippen LogP contribution in [0.1, 0.15) is 53.9 Å². The van der Waals surface area contributed by atoms with E-state index < -0.39 is 36.4 Å². The molecular weight excluding hydrogens is 467 g/mol. The third-order valence-electron chi connectivity index (χ3n) is 5.68. The zero-order chi connectivity index (χ0) is 24.9. The van der Waals surface area contributed by atoms with E-state index in [4.69, 9.17) is 14.2 Å². The SMILES string of the molecule is Cc1nc(CC(=O)N[C@H]2CNCCO2)c(C2OCCO2)c(NC(C)c2cccc(C(F)F)c2F)n1. The van der Waals surface area contributed by atoms with Gasteiger partial charge in [-0.2, -0.15) is 0 Å². The summed E-state index contributed by atoms with van der Waals surface area (Å²) in [5.74, 6) is -0.659. The van der Waals surface area contributed by atoms with E-state index in [0.717, 1.165) is 6.07 Å². The van der Waals surface area contributed by atoms with Crippen molar-refractivity contribution in [1.82, 2.24) is 20.6 Å². The number of nitrogens with one attached hydrogen (secondary N) is 3. The Morgan fingerprint density at radius 1 is 1.17 bits per heavy atom. The Hall–Kier alpha value is -2.80. The number of ether oxygens (including phenoxy) is 3. The van der Waals surface area contributed by atoms with Crippen molar-refractivity contribution >= 4 is 11.7 Å². The maximum atomic E-state index is 14.8. The Kier molecular flexibility index (Phi) is 8.16. The molecule has 35 heavy (non-hydrogen) atoms. The molecule has 190 valence electrons. The molecule has 0 aliphatic carbocycles. The van der Waals surface area contributed by atoms with Crippen molar-refractivity contribution in [2.75, 3.05) is 38.2 Å². The molecular formula is C23H28F3N5O4. The fraction of sp³-hybridized carbons (Fsp3) is 0.522. The van der Waals surface area contributed by atoms with E-state index >= 15 is 0 Å². The highest BCUT2D eigenvalue weighted by Gasteiger charge is 2.30. The van der Waals surface area contributed by atoms with Crippen LogP contribution in [-0.2, 0) is 25.4 Å². The van der Waals surface area contributed by atoms with Crippen molar-refractivity contribution in [3.63, 3.8) is 0 Å². The van der Waals surface area contributed by atoms with Gasteiger partial charge in [0.05, 0.1) is 49.1 Å². The molecule has 0 radical (unpaired) electrons. The first-order valence-electron chi connectivity index (χ1n) is 11.4. The Balaban J connectivity index is 1.62. The van der Waals surface area contributed by atoms with Crippen LogP contribution < -0.4 is 16.0 Å². The lowest BCUT2D eigenvalue weighted by Gasteiger charge is -2.25. The number of carbonyl (C=O) groups excluding carboxylic acids is 1. The molecule has 1 aromatic heterocycles. The van der Waals surface area contributed by atoms with Gasteiger partial charge in [-0.05, 0) is 13.8 Å². The van der Waals surface area contributed by atoms with Crippen LogP contribution in [0.3, 0.4) is 0 Å². The number of hydrogen-bond acceptors (Lipinski definition) is 8. The van der Waals surface area contributed by atoms with Crippen molar-refractivity contribution < 1.29 is 32.2 Å². The zero-order valence-corrected chi connectivity index (χ0v) is 19.4. The van der Waals surface area contributed by atoms with Gasteiger partial charge in [-0.15, -0.1) is 0 Å². The van der Waals surface area contributed by atoms with Gasteiger partial charge < -0.3 is 30.2 Å². The Bertz CT molecular complexity index is 1050. The number of nitrogens with zero attached hydrogens (tertiary/aromatic N) is 2. The maximum absolute atomic E-state index is 14.8. The Morgan fingerprint density at radius 3 is 2.60 bits per heavy atom. The number of hydrogen-bond donors (Lipinski definition) is 3. The summed E-state index contributed by atoms with van der Waals surface area (Å²) >= 11 is 0. The monoisotopic (exact) mass is 495 g/mol. The first-order valence-corrected chi connectivity index (χ1v) is 11.4. The van der Waals surface area contributed by atoms with Gasteiger partial charge in [0.1, 0.15) is 23.7 Å². The summed E-state index contributed by atoms with van der Waals surface area (Å²) < 4.78 is 58.0. The van der Waals surface area contributed by atoms with Crippen LogP contribution in [-0.4, -0.2) is 55.0 Å². The number of morpholine rings is 1. The number of benzene rings is 1. The van der Waals surface area contributed by atoms with Gasteiger partial charge in [-0.3, -0.25) is 4.79 Å². The predicted octanol–water partition coefficient (Wildman–Crippen LogP) is 2.68. The molecule has 9 nitrogen and oxygen atoms in total. The minimum atomic E-state index is -2.94. The van der Waals surface area contributed by atoms with Crippen LogP contribution >= 0.6 is 0 Å². The molecule has 2 aliphatic heterocycles. The van der Waals surface area contributed by atoms with Crippen LogP contribution in [0.15, 0.2) is 18.2 Å². The summed E-state index contributed by atoms with van der Waals surface area (Å²) in [6.07, 6.45) is -4.32. The average molecular weight is 496 g/mol. The molecule has 2 fully saturated rings. The van der Waals surface area contributed by atoms with E-state index in [0.29, 0.717) is 50.0 Å². The van der Waals surface area contributed by atoms with Crippen molar-refractivity contribution in [3.8, 4) is 0 Å². The summed E-state index contributed by atoms with van der Waals surface area (Å²) in [5.41, 5.74) is 0.166. The van der Waals surface area contributed by atoms with Gasteiger partial charge in [0, 0.05) is 18.7 Å². The number of aromatic nitrogens is 2. The second kappa shape index (κ2) is 11.3. The molecule has 4 rings (SSSR count). The molecule has 0 bridgehead atoms. The Morgan fingerprint density at radius 2 is 1.91 bits per heavy atom. The number of carbonyl (C=O) groups is 1. The highest BCUT2D eigenvalue weighted by Crippen LogP contribution is 2.34. The van der Waals surface area contributed by atoms with Crippen molar-refractivity contribution in [3.05, 3.63) is 52.2 Å². The number of rotatable bonds is 8. The van der Waals surface area contributed by atoms with Gasteiger partial charge >= 0.3 is 0 Å². The second-order valence-corrected chi connectivity index (χ2v) is 8.28. The number of halogens is 3. The summed E-state index contributed by atoms with van der Waals surface area (Å²) in [4.78, 5) is 21.6. The number of aryl methyl sites for hydroxylation is 1. The summed E-state index contributed by atoms with van der Waals surface area (Å²) in [6, 6.07) is 3.14. The van der Waals surface area contributed by atoms with Crippen LogP contribution in [0.5, 0.6) is 0 Å². The van der Waals surface area contributed by atoms with Crippen LogP contribution in [0, 0.1) is 12.7 Å². The topological polar surface area (TPSA) is 107 Å². The molecule has 1 unspecified atom stereocenters. The highest BCUT2D eigenvalue weighted by atomic mass is 19.3. The molecule has 3 N–H and O–H groups in total. The zero-order valence-electron chi connectivity index (χ0n) is 19.4. The number of alkyl halides is 2. The van der Waals surface area contributed by atoms with Crippen molar-refractivity contribution in [1.29, 1.82) is 0 Å². The first kappa shape index (κ1) is 25.3. The lowest BCUT2D eigenvalue weighted by atomic mass is 10.0. The van der Waals surface area contributed by atoms with Gasteiger partial charge in [0.2, 0.25) is 5.91 Å². The van der Waals surface area contributed by atoms with Crippen molar-refractivity contribution in [2.24, 2.45) is 0 Å². The smallest absolute Gasteiger partial charge is 0.266 e. The third-order valence-corrected chi connectivity index (χ3v) is 5.68. The first-order chi connectivity index (χ1) is 16.8. The largest absolute Gasteiger partial charge is 0.363 e. The molecule has 0 spiro atoms. The molecule has 1 amide bonds. The predicted molar refractivity (Wildman–Crippen MR) is 119 cm³/mol. The number of anilines is 1. The van der Waals surface area contributed by atoms with E-state index in [1.54, 1.807) is 13.8 Å². The molecule has 0 saturated carbocycles. The lowest BCUT2D eigenvalue weighted by molar-refractivity contribution is -0.125. The quantitative estimate of drug-likeness (QED) is 0.513. The van der Waals surface area contributed by atoms with Crippen LogP contribution in [0.2, 0.25) is 0 Å². The minimum absolute atomic E-state index is 0.0551. The molecule has 12 heteroatoms. The van der Waals surface area contributed by atoms with Gasteiger partial charge in [0.25, 0.3) is 6.43 Å². The average Bonchev–Trinajstić information content (AvgIpc) is 3.33. The van der Waals surface area contributed by atoms with Crippen molar-refractivity contribution in [2.45, 2.75) is 45.3 Å². The maximum Gasteiger partial charge on any atom is 0.266 e. The molecule has 2 aromatic rings. The van der Waals surface area contributed by atoms with E-state index in [1.165, 1.54) is 12.1 Å². The fourth-order valence-electron chi connectivity index (χ4n) is 4.05. The highest BCUT2D eigenvalue weighted by molar-refractivity contribution is 5.79. The van der Waals surface area contributed by atoms with Crippen LogP contribution in [0.4, 0.5) is 19.0 Å². The molecule has 2 aliphatic rings. The van der Waals surface area contributed by atoms with Crippen LogP contribution in [0.25, 0.3) is 0 Å². The molecule has 1 aromatic carbocycles. The third kappa shape index (κ3) is 6.07. The van der Waals surface area contributed by atoms with E-state index in [2.05, 4.69) is 25.9 Å². The lowest BCUT2D eigenvalue weighted by Crippen LogP contribution is -2.49. The normalized spacial score (nSPS) is 19.7. The molecule has 2 saturated heterocycles. The summed E-state index contributed by atoms with van der Waals surface area (Å²) in [7, 11) is 0. The summed E-state index contributed by atoms with van der Waals surface area (Å²) in [6.45, 7) is 5.66. The molecule has 3 heterocycles. The second-order valence-electron chi connectivity index (χ2n) is 8.28. The molecule has 2 atom stereocenters. The number of amides is 1. The fourth-order valence-corrected chi connectivity index (χ4v) is 4.05. The van der Waals surface area contributed by atoms with E-state index in [1.807, 2.05) is 0 Å². The minimum Gasteiger partial charge on any atom is -0.363 e. The van der Waals surface area contributed by atoms with Gasteiger partial charge in [-0.1, -0.05) is 18.2 Å². The Labute approximate surface area is 200 Å². The van der Waals surface area contributed by atoms with Gasteiger partial charge in [-0.25, -0.2) is 23.1 Å².